The van der Waals surface area contributed by atoms with Crippen molar-refractivity contribution in [3.63, 3.8) is 0 Å². The molecule has 0 unspecified atom stereocenters. The van der Waals surface area contributed by atoms with Crippen LogP contribution in [-0.2, 0) is 15.4 Å². The fourth-order valence-corrected chi connectivity index (χ4v) is 5.94. The number of hydrogen-bond donors (Lipinski definition) is 1. The van der Waals surface area contributed by atoms with Gasteiger partial charge in [-0.05, 0) is 18.6 Å². The van der Waals surface area contributed by atoms with E-state index in [9.17, 15) is 8.42 Å². The predicted molar refractivity (Wildman–Crippen MR) is 109 cm³/mol. The van der Waals surface area contributed by atoms with Gasteiger partial charge in [-0.25, -0.2) is 18.1 Å². The molecule has 4 nitrogen and oxygen atoms in total. The minimum absolute atomic E-state index is 0.0215. The van der Waals surface area contributed by atoms with Gasteiger partial charge in [0.15, 0.2) is 0 Å². The minimum atomic E-state index is -3.57. The molecular weight excluding hydrogens is 384 g/mol. The van der Waals surface area contributed by atoms with Crippen LogP contribution in [0.1, 0.15) is 45.0 Å². The summed E-state index contributed by atoms with van der Waals surface area (Å²) in [5.74, 6) is 0. The molecule has 0 saturated carbocycles. The lowest BCUT2D eigenvalue weighted by Gasteiger charge is -2.14. The van der Waals surface area contributed by atoms with E-state index in [1.54, 1.807) is 17.4 Å². The summed E-state index contributed by atoms with van der Waals surface area (Å²) in [4.78, 5) is 4.67. The van der Waals surface area contributed by atoms with Gasteiger partial charge in [0, 0.05) is 27.8 Å². The number of aromatic nitrogens is 1. The second-order valence-electron chi connectivity index (χ2n) is 7.20. The number of nitrogens with zero attached hydrogens (tertiary/aromatic N) is 1. The lowest BCUT2D eigenvalue weighted by atomic mass is 9.93. The number of benzene rings is 1. The molecule has 0 spiro atoms. The Kier molecular flexibility index (Phi) is 5.35. The third-order valence-corrected chi connectivity index (χ3v) is 7.86. The number of sulfonamides is 1. The molecule has 3 aromatic rings. The molecule has 1 aromatic carbocycles. The van der Waals surface area contributed by atoms with Crippen molar-refractivity contribution in [2.45, 2.75) is 43.4 Å². The van der Waals surface area contributed by atoms with E-state index in [2.05, 4.69) is 30.5 Å². The largest absolute Gasteiger partial charge is 0.250 e. The van der Waals surface area contributed by atoms with Crippen LogP contribution in [0.2, 0.25) is 0 Å². The van der Waals surface area contributed by atoms with Crippen molar-refractivity contribution in [3.8, 4) is 10.6 Å². The molecule has 0 aliphatic heterocycles. The van der Waals surface area contributed by atoms with Crippen molar-refractivity contribution in [1.29, 1.82) is 0 Å². The van der Waals surface area contributed by atoms with Crippen LogP contribution in [0.25, 0.3) is 10.6 Å². The molecule has 26 heavy (non-hydrogen) atoms. The van der Waals surface area contributed by atoms with Gasteiger partial charge in [0.1, 0.15) is 9.22 Å². The summed E-state index contributed by atoms with van der Waals surface area (Å²) in [6.07, 6.45) is 0. The predicted octanol–water partition coefficient (Wildman–Crippen LogP) is 5.21. The van der Waals surface area contributed by atoms with Gasteiger partial charge < -0.3 is 0 Å². The zero-order valence-electron chi connectivity index (χ0n) is 15.2. The average molecular weight is 407 g/mol. The van der Waals surface area contributed by atoms with E-state index in [0.717, 1.165) is 21.8 Å². The number of rotatable bonds is 5. The van der Waals surface area contributed by atoms with Gasteiger partial charge in [-0.1, -0.05) is 51.1 Å². The van der Waals surface area contributed by atoms with Crippen LogP contribution in [0.5, 0.6) is 0 Å². The standard InChI is InChI=1S/C19H22N2O2S3/c1-13(14-8-6-5-7-9-14)21-26(22,23)17-10-15(11-24-17)18-20-16(12-25-18)19(2,3)4/h5-13,21H,1-4H3/t13-/m0/s1. The summed E-state index contributed by atoms with van der Waals surface area (Å²) in [6.45, 7) is 8.19. The second kappa shape index (κ2) is 7.23. The van der Waals surface area contributed by atoms with Crippen LogP contribution in [0.4, 0.5) is 0 Å². The van der Waals surface area contributed by atoms with Crippen molar-refractivity contribution in [2.75, 3.05) is 0 Å². The first-order valence-electron chi connectivity index (χ1n) is 8.29. The summed E-state index contributed by atoms with van der Waals surface area (Å²) in [5, 5.41) is 4.74. The first-order chi connectivity index (χ1) is 12.2. The number of thiazole rings is 1. The normalized spacial score (nSPS) is 13.7. The molecule has 0 fully saturated rings. The quantitative estimate of drug-likeness (QED) is 0.633. The molecule has 0 bridgehead atoms. The van der Waals surface area contributed by atoms with Gasteiger partial charge in [-0.15, -0.1) is 22.7 Å². The molecule has 0 aliphatic carbocycles. The van der Waals surface area contributed by atoms with Gasteiger partial charge in [0.25, 0.3) is 10.0 Å². The molecule has 0 saturated heterocycles. The molecule has 0 radical (unpaired) electrons. The Labute approximate surface area is 163 Å². The second-order valence-corrected chi connectivity index (χ2v) is 10.9. The first kappa shape index (κ1) is 19.2. The molecule has 7 heteroatoms. The highest BCUT2D eigenvalue weighted by Gasteiger charge is 2.22. The van der Waals surface area contributed by atoms with Crippen LogP contribution < -0.4 is 4.72 Å². The Morgan fingerprint density at radius 1 is 1.08 bits per heavy atom. The van der Waals surface area contributed by atoms with Crippen molar-refractivity contribution in [3.05, 3.63) is 58.4 Å². The molecule has 138 valence electrons. The third-order valence-electron chi connectivity index (χ3n) is 3.99. The Balaban J connectivity index is 1.81. The highest BCUT2D eigenvalue weighted by atomic mass is 32.2. The summed E-state index contributed by atoms with van der Waals surface area (Å²) in [7, 11) is -3.57. The van der Waals surface area contributed by atoms with E-state index < -0.39 is 10.0 Å². The van der Waals surface area contributed by atoms with E-state index in [1.807, 2.05) is 48.0 Å². The van der Waals surface area contributed by atoms with Crippen molar-refractivity contribution in [2.24, 2.45) is 0 Å². The Bertz CT molecular complexity index is 983. The summed E-state index contributed by atoms with van der Waals surface area (Å²) < 4.78 is 28.5. The summed E-state index contributed by atoms with van der Waals surface area (Å²) in [5.41, 5.74) is 2.78. The molecule has 0 aliphatic rings. The van der Waals surface area contributed by atoms with Gasteiger partial charge in [0.05, 0.1) is 5.69 Å². The van der Waals surface area contributed by atoms with E-state index in [1.165, 1.54) is 11.3 Å². The Morgan fingerprint density at radius 3 is 2.38 bits per heavy atom. The number of nitrogens with one attached hydrogen (secondary N) is 1. The van der Waals surface area contributed by atoms with E-state index in [0.29, 0.717) is 4.21 Å². The Hall–Kier alpha value is -1.54. The topological polar surface area (TPSA) is 59.1 Å². The average Bonchev–Trinajstić information content (AvgIpc) is 3.24. The van der Waals surface area contributed by atoms with Gasteiger partial charge in [-0.3, -0.25) is 0 Å². The lowest BCUT2D eigenvalue weighted by molar-refractivity contribution is 0.569. The van der Waals surface area contributed by atoms with E-state index in [4.69, 9.17) is 0 Å². The van der Waals surface area contributed by atoms with Gasteiger partial charge in [0.2, 0.25) is 0 Å². The molecule has 2 heterocycles. The Morgan fingerprint density at radius 2 is 1.77 bits per heavy atom. The minimum Gasteiger partial charge on any atom is -0.241 e. The van der Waals surface area contributed by atoms with Crippen LogP contribution >= 0.6 is 22.7 Å². The van der Waals surface area contributed by atoms with Crippen molar-refractivity contribution in [1.82, 2.24) is 9.71 Å². The molecule has 1 N–H and O–H groups in total. The molecular formula is C19H22N2O2S3. The third kappa shape index (κ3) is 4.23. The highest BCUT2D eigenvalue weighted by molar-refractivity contribution is 7.91. The maximum atomic E-state index is 12.7. The van der Waals surface area contributed by atoms with Crippen LogP contribution in [0.3, 0.4) is 0 Å². The highest BCUT2D eigenvalue weighted by Crippen LogP contribution is 2.33. The SMILES string of the molecule is C[C@H](NS(=O)(=O)c1cc(-c2nc(C(C)(C)C)cs2)cs1)c1ccccc1. The first-order valence-corrected chi connectivity index (χ1v) is 11.5. The van der Waals surface area contributed by atoms with Crippen molar-refractivity contribution < 1.29 is 8.42 Å². The number of thiophene rings is 1. The lowest BCUT2D eigenvalue weighted by Crippen LogP contribution is -2.26. The zero-order chi connectivity index (χ0) is 18.9. The maximum Gasteiger partial charge on any atom is 0.250 e. The maximum absolute atomic E-state index is 12.7. The van der Waals surface area contributed by atoms with Gasteiger partial charge >= 0.3 is 0 Å². The molecule has 1 atom stereocenters. The van der Waals surface area contributed by atoms with E-state index in [-0.39, 0.29) is 11.5 Å². The van der Waals surface area contributed by atoms with Crippen molar-refractivity contribution >= 4 is 32.7 Å². The molecule has 0 amide bonds. The van der Waals surface area contributed by atoms with Gasteiger partial charge in [-0.2, -0.15) is 0 Å². The number of hydrogen-bond acceptors (Lipinski definition) is 5. The van der Waals surface area contributed by atoms with Crippen LogP contribution in [-0.4, -0.2) is 13.4 Å². The molecule has 2 aromatic heterocycles. The summed E-state index contributed by atoms with van der Waals surface area (Å²) in [6, 6.07) is 11.0. The fraction of sp³-hybridized carbons (Fsp3) is 0.316. The van der Waals surface area contributed by atoms with Crippen LogP contribution in [0.15, 0.2) is 51.4 Å². The van der Waals surface area contributed by atoms with E-state index >= 15 is 0 Å². The summed E-state index contributed by atoms with van der Waals surface area (Å²) >= 11 is 2.77. The monoisotopic (exact) mass is 406 g/mol. The zero-order valence-corrected chi connectivity index (χ0v) is 17.6. The fourth-order valence-electron chi connectivity index (χ4n) is 2.42. The smallest absolute Gasteiger partial charge is 0.241 e. The molecule has 3 rings (SSSR count). The van der Waals surface area contributed by atoms with Crippen LogP contribution in [0, 0.1) is 0 Å².